The zero-order valence-corrected chi connectivity index (χ0v) is 15.5. The average molecular weight is 360 g/mol. The number of nitrogens with zero attached hydrogens (tertiary/aromatic N) is 3. The van der Waals surface area contributed by atoms with Gasteiger partial charge in [-0.05, 0) is 43.5 Å². The molecule has 1 saturated heterocycles. The first kappa shape index (κ1) is 17.8. The molecule has 1 amide bonds. The summed E-state index contributed by atoms with van der Waals surface area (Å²) in [6.45, 7) is 3.39. The molecule has 1 aromatic heterocycles. The minimum atomic E-state index is -0.0333. The molecule has 3 rings (SSSR count). The number of hydrogen-bond acceptors (Lipinski definition) is 6. The van der Waals surface area contributed by atoms with Crippen molar-refractivity contribution in [2.45, 2.75) is 38.6 Å². The van der Waals surface area contributed by atoms with E-state index < -0.39 is 0 Å². The van der Waals surface area contributed by atoms with Crippen LogP contribution in [0, 0.1) is 0 Å². The Labute approximate surface area is 152 Å². The van der Waals surface area contributed by atoms with E-state index in [1.807, 2.05) is 12.1 Å². The first-order valence-corrected chi connectivity index (χ1v) is 9.51. The molecule has 25 heavy (non-hydrogen) atoms. The summed E-state index contributed by atoms with van der Waals surface area (Å²) in [7, 11) is 1.67. The molecule has 0 saturated carbocycles. The Morgan fingerprint density at radius 2 is 2.32 bits per heavy atom. The molecule has 0 unspecified atom stereocenters. The van der Waals surface area contributed by atoms with E-state index in [2.05, 4.69) is 39.5 Å². The van der Waals surface area contributed by atoms with Gasteiger partial charge in [-0.1, -0.05) is 30.4 Å². The van der Waals surface area contributed by atoms with E-state index in [1.165, 1.54) is 16.9 Å². The number of carbonyl (C=O) groups is 1. The molecule has 7 heteroatoms. The smallest absolute Gasteiger partial charge is 0.240 e. The number of benzene rings is 1. The fraction of sp³-hybridized carbons (Fsp3) is 0.500. The van der Waals surface area contributed by atoms with Crippen LogP contribution in [0.1, 0.15) is 42.8 Å². The third-order valence-corrected chi connectivity index (χ3v) is 5.26. The first-order valence-electron chi connectivity index (χ1n) is 8.70. The van der Waals surface area contributed by atoms with Crippen LogP contribution in [-0.4, -0.2) is 41.2 Å². The molecule has 2 heterocycles. The molecule has 1 aliphatic rings. The third-order valence-electron chi connectivity index (χ3n) is 4.37. The Morgan fingerprint density at radius 3 is 3.12 bits per heavy atom. The van der Waals surface area contributed by atoms with Crippen LogP contribution in [0.15, 0.2) is 24.3 Å². The summed E-state index contributed by atoms with van der Waals surface area (Å²) in [6.07, 6.45) is 4.07. The lowest BCUT2D eigenvalue weighted by Crippen LogP contribution is -2.32. The molecule has 1 aliphatic heterocycles. The molecule has 1 atom stereocenters. The summed E-state index contributed by atoms with van der Waals surface area (Å²) in [6, 6.07) is 8.36. The molecule has 1 fully saturated rings. The fourth-order valence-corrected chi connectivity index (χ4v) is 4.06. The van der Waals surface area contributed by atoms with Crippen molar-refractivity contribution in [2.24, 2.45) is 0 Å². The van der Waals surface area contributed by atoms with Crippen molar-refractivity contribution in [1.29, 1.82) is 0 Å². The predicted octanol–water partition coefficient (Wildman–Crippen LogP) is 3.27. The molecule has 134 valence electrons. The number of aryl methyl sites for hydroxylation is 1. The second-order valence-electron chi connectivity index (χ2n) is 6.20. The number of aromatic nitrogens is 2. The number of hydrogen-bond donors (Lipinski definition) is 1. The molecule has 6 nitrogen and oxygen atoms in total. The van der Waals surface area contributed by atoms with Gasteiger partial charge in [-0.15, -0.1) is 10.2 Å². The van der Waals surface area contributed by atoms with Crippen LogP contribution in [0.4, 0.5) is 5.13 Å². The lowest BCUT2D eigenvalue weighted by molar-refractivity contribution is -0.117. The van der Waals surface area contributed by atoms with E-state index in [0.29, 0.717) is 11.7 Å². The van der Waals surface area contributed by atoms with Crippen LogP contribution in [0.3, 0.4) is 0 Å². The van der Waals surface area contributed by atoms with E-state index in [4.69, 9.17) is 4.74 Å². The minimum absolute atomic E-state index is 0.0333. The van der Waals surface area contributed by atoms with Crippen molar-refractivity contribution in [1.82, 2.24) is 15.1 Å². The zero-order chi connectivity index (χ0) is 17.6. The summed E-state index contributed by atoms with van der Waals surface area (Å²) < 4.78 is 5.32. The standard InChI is InChI=1S/C18H24N4O2S/c1-3-6-17-20-21-18(25-17)19-16(23)12-22-10-5-9-15(22)13-7-4-8-14(11-13)24-2/h4,7-8,11,15H,3,5-6,9-10,12H2,1-2H3,(H,19,21,23)/t15-/m1/s1. The van der Waals surface area contributed by atoms with Crippen molar-refractivity contribution in [3.8, 4) is 5.75 Å². The largest absolute Gasteiger partial charge is 0.497 e. The van der Waals surface area contributed by atoms with Crippen molar-refractivity contribution < 1.29 is 9.53 Å². The van der Waals surface area contributed by atoms with Gasteiger partial charge in [-0.2, -0.15) is 0 Å². The molecule has 0 bridgehead atoms. The highest BCUT2D eigenvalue weighted by Crippen LogP contribution is 2.33. The lowest BCUT2D eigenvalue weighted by atomic mass is 10.0. The number of carbonyl (C=O) groups excluding carboxylic acids is 1. The minimum Gasteiger partial charge on any atom is -0.497 e. The Kier molecular flexibility index (Phi) is 5.99. The highest BCUT2D eigenvalue weighted by molar-refractivity contribution is 7.15. The maximum absolute atomic E-state index is 12.4. The number of ether oxygens (including phenoxy) is 1. The number of nitrogens with one attached hydrogen (secondary N) is 1. The number of methoxy groups -OCH3 is 1. The van der Waals surface area contributed by atoms with Gasteiger partial charge in [0.15, 0.2) is 0 Å². The van der Waals surface area contributed by atoms with Crippen molar-refractivity contribution in [2.75, 3.05) is 25.5 Å². The quantitative estimate of drug-likeness (QED) is 0.821. The van der Waals surface area contributed by atoms with E-state index in [9.17, 15) is 4.79 Å². The Balaban J connectivity index is 1.61. The van der Waals surface area contributed by atoms with Gasteiger partial charge in [-0.25, -0.2) is 0 Å². The Bertz CT molecular complexity index is 719. The van der Waals surface area contributed by atoms with Crippen LogP contribution in [0.25, 0.3) is 0 Å². The molecule has 2 aromatic rings. The molecule has 0 spiro atoms. The molecular weight excluding hydrogens is 336 g/mol. The van der Waals surface area contributed by atoms with Crippen LogP contribution in [-0.2, 0) is 11.2 Å². The zero-order valence-electron chi connectivity index (χ0n) is 14.7. The fourth-order valence-electron chi connectivity index (χ4n) is 3.20. The first-order chi connectivity index (χ1) is 12.2. The summed E-state index contributed by atoms with van der Waals surface area (Å²) in [5, 5.41) is 12.6. The van der Waals surface area contributed by atoms with E-state index >= 15 is 0 Å². The molecule has 1 aromatic carbocycles. The Hall–Kier alpha value is -1.99. The van der Waals surface area contributed by atoms with E-state index in [-0.39, 0.29) is 11.9 Å². The van der Waals surface area contributed by atoms with Gasteiger partial charge < -0.3 is 4.74 Å². The van der Waals surface area contributed by atoms with Crippen LogP contribution in [0.5, 0.6) is 5.75 Å². The van der Waals surface area contributed by atoms with Crippen molar-refractivity contribution >= 4 is 22.4 Å². The van der Waals surface area contributed by atoms with Crippen LogP contribution < -0.4 is 10.1 Å². The normalized spacial score (nSPS) is 17.6. The van der Waals surface area contributed by atoms with Crippen molar-refractivity contribution in [3.05, 3.63) is 34.8 Å². The van der Waals surface area contributed by atoms with Gasteiger partial charge >= 0.3 is 0 Å². The molecular formula is C18H24N4O2S. The topological polar surface area (TPSA) is 67.4 Å². The van der Waals surface area contributed by atoms with Gasteiger partial charge in [0.05, 0.1) is 13.7 Å². The van der Waals surface area contributed by atoms with E-state index in [0.717, 1.165) is 43.0 Å². The van der Waals surface area contributed by atoms with Crippen LogP contribution in [0.2, 0.25) is 0 Å². The average Bonchev–Trinajstić information content (AvgIpc) is 3.25. The molecule has 1 N–H and O–H groups in total. The number of amides is 1. The second kappa shape index (κ2) is 8.40. The predicted molar refractivity (Wildman–Crippen MR) is 99.1 cm³/mol. The maximum Gasteiger partial charge on any atom is 0.240 e. The lowest BCUT2D eigenvalue weighted by Gasteiger charge is -2.24. The van der Waals surface area contributed by atoms with Gasteiger partial charge in [0.25, 0.3) is 0 Å². The summed E-state index contributed by atoms with van der Waals surface area (Å²) >= 11 is 1.46. The summed E-state index contributed by atoms with van der Waals surface area (Å²) in [4.78, 5) is 14.6. The monoisotopic (exact) mass is 360 g/mol. The third kappa shape index (κ3) is 4.55. The highest BCUT2D eigenvalue weighted by Gasteiger charge is 2.28. The Morgan fingerprint density at radius 1 is 1.44 bits per heavy atom. The summed E-state index contributed by atoms with van der Waals surface area (Å²) in [5.41, 5.74) is 1.20. The number of likely N-dealkylation sites (tertiary alicyclic amines) is 1. The molecule has 0 radical (unpaired) electrons. The van der Waals surface area contributed by atoms with E-state index in [1.54, 1.807) is 7.11 Å². The SMILES string of the molecule is CCCc1nnc(NC(=O)CN2CCC[C@@H]2c2cccc(OC)c2)s1. The van der Waals surface area contributed by atoms with Gasteiger partial charge in [-0.3, -0.25) is 15.0 Å². The van der Waals surface area contributed by atoms with Gasteiger partial charge in [0, 0.05) is 12.5 Å². The van der Waals surface area contributed by atoms with Gasteiger partial charge in [0.1, 0.15) is 10.8 Å². The number of rotatable bonds is 7. The maximum atomic E-state index is 12.4. The highest BCUT2D eigenvalue weighted by atomic mass is 32.1. The summed E-state index contributed by atoms with van der Waals surface area (Å²) in [5.74, 6) is 0.820. The van der Waals surface area contributed by atoms with Crippen molar-refractivity contribution in [3.63, 3.8) is 0 Å². The second-order valence-corrected chi connectivity index (χ2v) is 7.27. The van der Waals surface area contributed by atoms with Gasteiger partial charge in [0.2, 0.25) is 11.0 Å². The molecule has 0 aliphatic carbocycles. The number of anilines is 1. The van der Waals surface area contributed by atoms with Crippen LogP contribution >= 0.6 is 11.3 Å².